The zero-order chi connectivity index (χ0) is 37.0. The van der Waals surface area contributed by atoms with Gasteiger partial charge in [0, 0.05) is 50.2 Å². The molecule has 0 aliphatic carbocycles. The molecule has 0 saturated carbocycles. The Balaban J connectivity index is 1.08. The number of hydrogen-bond donors (Lipinski definition) is 0. The number of aromatic nitrogens is 4. The molecule has 11 rings (SSSR count). The zero-order valence-electron chi connectivity index (χ0n) is 30.4. The second-order valence-corrected chi connectivity index (χ2v) is 14.3. The van der Waals surface area contributed by atoms with E-state index in [1.807, 2.05) is 18.3 Å². The summed E-state index contributed by atoms with van der Waals surface area (Å²) in [6, 6.07) is 71.3. The number of fused-ring (bicyclic) bond motifs is 6. The topological polar surface area (TPSA) is 35.6 Å². The van der Waals surface area contributed by atoms with Crippen LogP contribution in [0.5, 0.6) is 0 Å². The minimum Gasteiger partial charge on any atom is -0.309 e. The van der Waals surface area contributed by atoms with E-state index in [0.717, 1.165) is 67.1 Å². The van der Waals surface area contributed by atoms with Crippen LogP contribution in [-0.4, -0.2) is 19.1 Å². The van der Waals surface area contributed by atoms with Gasteiger partial charge in [-0.15, -0.1) is 0 Å². The Labute approximate surface area is 324 Å². The molecule has 0 fully saturated rings. The van der Waals surface area contributed by atoms with Gasteiger partial charge in [0.05, 0.1) is 27.9 Å². The molecule has 0 radical (unpaired) electrons. The third-order valence-electron chi connectivity index (χ3n) is 10.9. The van der Waals surface area contributed by atoms with Gasteiger partial charge >= 0.3 is 0 Å². The highest BCUT2D eigenvalue weighted by atomic mass is 15.0. The van der Waals surface area contributed by atoms with E-state index in [9.17, 15) is 0 Å². The number of benzene rings is 7. The molecule has 0 atom stereocenters. The van der Waals surface area contributed by atoms with Gasteiger partial charge in [-0.2, -0.15) is 0 Å². The summed E-state index contributed by atoms with van der Waals surface area (Å²) in [6.07, 6.45) is 1.88. The molecule has 0 aliphatic rings. The van der Waals surface area contributed by atoms with Crippen LogP contribution in [0, 0.1) is 0 Å². The average molecular weight is 715 g/mol. The Morgan fingerprint density at radius 3 is 1.73 bits per heavy atom. The van der Waals surface area contributed by atoms with Crippen molar-refractivity contribution in [2.45, 2.75) is 0 Å². The van der Waals surface area contributed by atoms with Gasteiger partial charge in [-0.1, -0.05) is 127 Å². The normalized spacial score (nSPS) is 11.6. The van der Waals surface area contributed by atoms with Gasteiger partial charge in [0.25, 0.3) is 0 Å². The van der Waals surface area contributed by atoms with Crippen LogP contribution in [-0.2, 0) is 0 Å². The van der Waals surface area contributed by atoms with Gasteiger partial charge in [-0.25, -0.2) is 9.97 Å². The molecule has 11 aromatic rings. The van der Waals surface area contributed by atoms with Crippen LogP contribution >= 0.6 is 0 Å². The molecule has 0 unspecified atom stereocenters. The van der Waals surface area contributed by atoms with E-state index in [1.165, 1.54) is 32.8 Å². The number of para-hydroxylation sites is 2. The molecule has 4 nitrogen and oxygen atoms in total. The molecule has 4 heteroatoms. The summed E-state index contributed by atoms with van der Waals surface area (Å²) < 4.78 is 4.66. The molecule has 4 heterocycles. The van der Waals surface area contributed by atoms with Crippen LogP contribution in [0.3, 0.4) is 0 Å². The zero-order valence-corrected chi connectivity index (χ0v) is 30.4. The van der Waals surface area contributed by atoms with Gasteiger partial charge in [-0.3, -0.25) is 4.57 Å². The Morgan fingerprint density at radius 1 is 0.304 bits per heavy atom. The van der Waals surface area contributed by atoms with Crippen LogP contribution in [0.1, 0.15) is 0 Å². The van der Waals surface area contributed by atoms with E-state index in [0.29, 0.717) is 0 Å². The molecule has 56 heavy (non-hydrogen) atoms. The van der Waals surface area contributed by atoms with Crippen LogP contribution < -0.4 is 0 Å². The molecule has 7 aromatic carbocycles. The van der Waals surface area contributed by atoms with Crippen molar-refractivity contribution in [2.75, 3.05) is 0 Å². The summed E-state index contributed by atoms with van der Waals surface area (Å²) in [4.78, 5) is 10.2. The second-order valence-electron chi connectivity index (χ2n) is 14.3. The summed E-state index contributed by atoms with van der Waals surface area (Å²) in [5.41, 5.74) is 15.2. The Kier molecular flexibility index (Phi) is 7.46. The Bertz CT molecular complexity index is 3170. The Morgan fingerprint density at radius 2 is 0.911 bits per heavy atom. The maximum Gasteiger partial charge on any atom is 0.145 e. The molecule has 0 saturated heterocycles. The quantitative estimate of drug-likeness (QED) is 0.172. The predicted molar refractivity (Wildman–Crippen MR) is 232 cm³/mol. The second kappa shape index (κ2) is 13.1. The fourth-order valence-electron chi connectivity index (χ4n) is 8.33. The first-order valence-corrected chi connectivity index (χ1v) is 19.0. The first kappa shape index (κ1) is 31.9. The van der Waals surface area contributed by atoms with Gasteiger partial charge in [-0.05, 0) is 95.1 Å². The third-order valence-corrected chi connectivity index (χ3v) is 10.9. The van der Waals surface area contributed by atoms with Crippen LogP contribution in [0.2, 0.25) is 0 Å². The monoisotopic (exact) mass is 714 g/mol. The maximum absolute atomic E-state index is 5.24. The summed E-state index contributed by atoms with van der Waals surface area (Å²) in [5.74, 6) is 0. The van der Waals surface area contributed by atoms with Crippen molar-refractivity contribution in [1.29, 1.82) is 0 Å². The summed E-state index contributed by atoms with van der Waals surface area (Å²) >= 11 is 0. The van der Waals surface area contributed by atoms with Crippen molar-refractivity contribution < 1.29 is 0 Å². The van der Waals surface area contributed by atoms with Crippen molar-refractivity contribution >= 4 is 43.7 Å². The van der Waals surface area contributed by atoms with Crippen molar-refractivity contribution in [1.82, 2.24) is 19.1 Å². The minimum absolute atomic E-state index is 0.921. The lowest BCUT2D eigenvalue weighted by molar-refractivity contribution is 1.13. The Hall–Kier alpha value is -7.56. The largest absolute Gasteiger partial charge is 0.309 e. The van der Waals surface area contributed by atoms with E-state index >= 15 is 0 Å². The van der Waals surface area contributed by atoms with E-state index < -0.39 is 0 Å². The summed E-state index contributed by atoms with van der Waals surface area (Å²) in [5, 5.41) is 4.76. The first-order valence-electron chi connectivity index (χ1n) is 19.0. The molecular weight excluding hydrogens is 681 g/mol. The standard InChI is InChI=1S/C52H34N4/c1-4-14-35(15-5-1)40-32-47(36-16-6-2-7-17-36)54-48(33-40)39-18-12-21-42(30-39)56-51-34-38(25-27-44(51)45-23-13-29-53-52(45)56)37-26-28-50-46(31-37)43-22-10-11-24-49(43)55(50)41-19-8-3-9-20-41/h1-34H. The highest BCUT2D eigenvalue weighted by molar-refractivity contribution is 6.12. The summed E-state index contributed by atoms with van der Waals surface area (Å²) in [6.45, 7) is 0. The fourth-order valence-corrected chi connectivity index (χ4v) is 8.33. The molecule has 0 N–H and O–H groups in total. The number of pyridine rings is 2. The summed E-state index contributed by atoms with van der Waals surface area (Å²) in [7, 11) is 0. The van der Waals surface area contributed by atoms with E-state index in [4.69, 9.17) is 9.97 Å². The molecule has 4 aromatic heterocycles. The number of rotatable bonds is 6. The van der Waals surface area contributed by atoms with E-state index in [2.05, 4.69) is 197 Å². The average Bonchev–Trinajstić information content (AvgIpc) is 3.79. The minimum atomic E-state index is 0.921. The highest BCUT2D eigenvalue weighted by Crippen LogP contribution is 2.39. The van der Waals surface area contributed by atoms with E-state index in [-0.39, 0.29) is 0 Å². The lowest BCUT2D eigenvalue weighted by Gasteiger charge is -2.13. The highest BCUT2D eigenvalue weighted by Gasteiger charge is 2.18. The van der Waals surface area contributed by atoms with Crippen molar-refractivity contribution in [3.8, 4) is 56.1 Å². The lowest BCUT2D eigenvalue weighted by atomic mass is 10.00. The van der Waals surface area contributed by atoms with Crippen molar-refractivity contribution in [3.63, 3.8) is 0 Å². The first-order chi connectivity index (χ1) is 27.8. The number of hydrogen-bond acceptors (Lipinski definition) is 2. The van der Waals surface area contributed by atoms with Gasteiger partial charge in [0.2, 0.25) is 0 Å². The number of nitrogens with zero attached hydrogens (tertiary/aromatic N) is 4. The van der Waals surface area contributed by atoms with Crippen molar-refractivity contribution in [2.24, 2.45) is 0 Å². The van der Waals surface area contributed by atoms with E-state index in [1.54, 1.807) is 0 Å². The molecule has 262 valence electrons. The SMILES string of the molecule is c1ccc(-c2cc(-c3ccccc3)nc(-c3cccc(-n4c5cc(-c6ccc7c(c6)c6ccccc6n7-c6ccccc6)ccc5c5cccnc54)c3)c2)cc1. The molecule has 0 bridgehead atoms. The predicted octanol–water partition coefficient (Wildman–Crippen LogP) is 13.3. The molecular formula is C52H34N4. The molecule has 0 amide bonds. The van der Waals surface area contributed by atoms with Crippen LogP contribution in [0.15, 0.2) is 206 Å². The fraction of sp³-hybridized carbons (Fsp3) is 0. The maximum atomic E-state index is 5.24. The third kappa shape index (κ3) is 5.31. The smallest absolute Gasteiger partial charge is 0.145 e. The lowest BCUT2D eigenvalue weighted by Crippen LogP contribution is -1.97. The molecule has 0 spiro atoms. The van der Waals surface area contributed by atoms with Gasteiger partial charge in [0.1, 0.15) is 5.65 Å². The molecule has 0 aliphatic heterocycles. The van der Waals surface area contributed by atoms with Gasteiger partial charge in [0.15, 0.2) is 0 Å². The van der Waals surface area contributed by atoms with Crippen LogP contribution in [0.4, 0.5) is 0 Å². The van der Waals surface area contributed by atoms with Crippen LogP contribution in [0.25, 0.3) is 99.9 Å². The van der Waals surface area contributed by atoms with Gasteiger partial charge < -0.3 is 4.57 Å². The van der Waals surface area contributed by atoms with Crippen molar-refractivity contribution in [3.05, 3.63) is 206 Å².